The van der Waals surface area contributed by atoms with E-state index in [1.807, 2.05) is 24.3 Å². The summed E-state index contributed by atoms with van der Waals surface area (Å²) in [5.74, 6) is -0.871. The highest BCUT2D eigenvalue weighted by Crippen LogP contribution is 2.22. The molecule has 0 spiro atoms. The topological polar surface area (TPSA) is 55.4 Å². The van der Waals surface area contributed by atoms with Gasteiger partial charge in [0.1, 0.15) is 0 Å². The monoisotopic (exact) mass is 437 g/mol. The maximum Gasteiger partial charge on any atom is 0.338 e. The van der Waals surface area contributed by atoms with Crippen LogP contribution in [0.4, 0.5) is 5.69 Å². The van der Waals surface area contributed by atoms with Crippen molar-refractivity contribution in [1.29, 1.82) is 0 Å². The van der Waals surface area contributed by atoms with Gasteiger partial charge < -0.3 is 10.1 Å². The van der Waals surface area contributed by atoms with Gasteiger partial charge in [0.2, 0.25) is 0 Å². The van der Waals surface area contributed by atoms with Gasteiger partial charge in [0, 0.05) is 9.26 Å². The summed E-state index contributed by atoms with van der Waals surface area (Å²) in [6.07, 6.45) is 0. The van der Waals surface area contributed by atoms with Gasteiger partial charge in [-0.15, -0.1) is 0 Å². The van der Waals surface area contributed by atoms with Crippen LogP contribution in [0.3, 0.4) is 0 Å². The molecule has 2 aromatic carbocycles. The van der Waals surface area contributed by atoms with E-state index in [4.69, 9.17) is 4.74 Å². The number of hydrogen-bond acceptors (Lipinski definition) is 3. The first-order chi connectivity index (χ1) is 11.3. The molecule has 5 heteroatoms. The minimum absolute atomic E-state index is 0.0236. The van der Waals surface area contributed by atoms with Crippen LogP contribution in [0.5, 0.6) is 0 Å². The Morgan fingerprint density at radius 1 is 1.00 bits per heavy atom. The van der Waals surface area contributed by atoms with Crippen LogP contribution >= 0.6 is 22.6 Å². The van der Waals surface area contributed by atoms with E-state index in [0.717, 1.165) is 9.13 Å². The fourth-order valence-electron chi connectivity index (χ4n) is 2.05. The molecule has 1 N–H and O–H groups in total. The summed E-state index contributed by atoms with van der Waals surface area (Å²) in [6, 6.07) is 14.6. The first kappa shape index (κ1) is 18.4. The quantitative estimate of drug-likeness (QED) is 0.571. The Bertz CT molecular complexity index is 716. The molecule has 0 aliphatic rings. The Kier molecular flexibility index (Phi) is 5.99. The number of carbonyl (C=O) groups is 2. The lowest BCUT2D eigenvalue weighted by Gasteiger charge is -2.18. The smallest absolute Gasteiger partial charge is 0.338 e. The van der Waals surface area contributed by atoms with E-state index in [9.17, 15) is 9.59 Å². The minimum atomic E-state index is -0.506. The van der Waals surface area contributed by atoms with E-state index in [2.05, 4.69) is 48.7 Å². The number of anilines is 1. The molecule has 0 fully saturated rings. The van der Waals surface area contributed by atoms with Crippen molar-refractivity contribution in [2.75, 3.05) is 11.9 Å². The summed E-state index contributed by atoms with van der Waals surface area (Å²) in [5, 5.41) is 2.69. The largest absolute Gasteiger partial charge is 0.452 e. The van der Waals surface area contributed by atoms with Crippen molar-refractivity contribution >= 4 is 40.2 Å². The van der Waals surface area contributed by atoms with Crippen molar-refractivity contribution < 1.29 is 14.3 Å². The van der Waals surface area contributed by atoms with E-state index in [-0.39, 0.29) is 17.9 Å². The standard InChI is InChI=1S/C19H20INO3/c1-19(2,3)14-6-4-13(5-7-14)18(23)24-12-17(22)21-16-10-8-15(20)9-11-16/h4-11H,12H2,1-3H3,(H,21,22). The molecule has 126 valence electrons. The molecule has 0 bridgehead atoms. The van der Waals surface area contributed by atoms with Crippen LogP contribution in [0.2, 0.25) is 0 Å². The fourth-order valence-corrected chi connectivity index (χ4v) is 2.41. The van der Waals surface area contributed by atoms with Crippen LogP contribution in [0.15, 0.2) is 48.5 Å². The van der Waals surface area contributed by atoms with Crippen molar-refractivity contribution in [3.8, 4) is 0 Å². The second kappa shape index (κ2) is 7.79. The molecule has 0 aliphatic heterocycles. The molecule has 2 rings (SSSR count). The SMILES string of the molecule is CC(C)(C)c1ccc(C(=O)OCC(=O)Nc2ccc(I)cc2)cc1. The highest BCUT2D eigenvalue weighted by Gasteiger charge is 2.15. The average molecular weight is 437 g/mol. The number of ether oxygens (including phenoxy) is 1. The highest BCUT2D eigenvalue weighted by atomic mass is 127. The predicted octanol–water partition coefficient (Wildman–Crippen LogP) is 4.38. The number of carbonyl (C=O) groups excluding carboxylic acids is 2. The lowest BCUT2D eigenvalue weighted by Crippen LogP contribution is -2.21. The zero-order valence-electron chi connectivity index (χ0n) is 13.9. The third kappa shape index (κ3) is 5.33. The summed E-state index contributed by atoms with van der Waals surface area (Å²) in [6.45, 7) is 6.01. The van der Waals surface area contributed by atoms with E-state index in [1.54, 1.807) is 24.3 Å². The Hall–Kier alpha value is -1.89. The number of amides is 1. The maximum absolute atomic E-state index is 12.0. The van der Waals surface area contributed by atoms with Crippen molar-refractivity contribution in [2.24, 2.45) is 0 Å². The highest BCUT2D eigenvalue weighted by molar-refractivity contribution is 14.1. The molecule has 0 aromatic heterocycles. The summed E-state index contributed by atoms with van der Waals surface area (Å²) < 4.78 is 6.14. The van der Waals surface area contributed by atoms with Gasteiger partial charge in [0.25, 0.3) is 5.91 Å². The molecule has 0 unspecified atom stereocenters. The molecule has 2 aromatic rings. The number of nitrogens with one attached hydrogen (secondary N) is 1. The van der Waals surface area contributed by atoms with Crippen LogP contribution < -0.4 is 5.32 Å². The van der Waals surface area contributed by atoms with E-state index in [1.165, 1.54) is 0 Å². The molecular weight excluding hydrogens is 417 g/mol. The van der Waals surface area contributed by atoms with Crippen LogP contribution in [-0.4, -0.2) is 18.5 Å². The zero-order valence-corrected chi connectivity index (χ0v) is 16.1. The third-order valence-corrected chi connectivity index (χ3v) is 4.17. The minimum Gasteiger partial charge on any atom is -0.452 e. The summed E-state index contributed by atoms with van der Waals surface area (Å²) in [5.41, 5.74) is 2.27. The van der Waals surface area contributed by atoms with Gasteiger partial charge in [-0.05, 0) is 70.0 Å². The molecule has 24 heavy (non-hydrogen) atoms. The Morgan fingerprint density at radius 2 is 1.58 bits per heavy atom. The molecule has 0 saturated heterocycles. The summed E-state index contributed by atoms with van der Waals surface area (Å²) >= 11 is 2.19. The van der Waals surface area contributed by atoms with E-state index in [0.29, 0.717) is 11.3 Å². The molecule has 0 atom stereocenters. The second-order valence-electron chi connectivity index (χ2n) is 6.46. The van der Waals surface area contributed by atoms with Crippen molar-refractivity contribution in [3.05, 3.63) is 63.2 Å². The molecule has 0 saturated carbocycles. The van der Waals surface area contributed by atoms with Crippen LogP contribution in [0.25, 0.3) is 0 Å². The molecule has 4 nitrogen and oxygen atoms in total. The van der Waals surface area contributed by atoms with Gasteiger partial charge in [-0.3, -0.25) is 4.79 Å². The summed E-state index contributed by atoms with van der Waals surface area (Å²) in [4.78, 5) is 23.8. The van der Waals surface area contributed by atoms with Gasteiger partial charge in [-0.2, -0.15) is 0 Å². The second-order valence-corrected chi connectivity index (χ2v) is 7.70. The Balaban J connectivity index is 1.88. The normalized spacial score (nSPS) is 11.0. The number of benzene rings is 2. The van der Waals surface area contributed by atoms with Gasteiger partial charge >= 0.3 is 5.97 Å². The van der Waals surface area contributed by atoms with Crippen LogP contribution in [-0.2, 0) is 14.9 Å². The first-order valence-electron chi connectivity index (χ1n) is 7.59. The van der Waals surface area contributed by atoms with Crippen molar-refractivity contribution in [2.45, 2.75) is 26.2 Å². The zero-order chi connectivity index (χ0) is 17.7. The third-order valence-electron chi connectivity index (χ3n) is 3.45. The maximum atomic E-state index is 12.0. The van der Waals surface area contributed by atoms with Gasteiger partial charge in [0.15, 0.2) is 6.61 Å². The van der Waals surface area contributed by atoms with Crippen LogP contribution in [0, 0.1) is 3.57 Å². The number of rotatable bonds is 4. The van der Waals surface area contributed by atoms with E-state index >= 15 is 0 Å². The van der Waals surface area contributed by atoms with Crippen molar-refractivity contribution in [3.63, 3.8) is 0 Å². The van der Waals surface area contributed by atoms with Gasteiger partial charge in [-0.1, -0.05) is 32.9 Å². The number of esters is 1. The number of hydrogen-bond donors (Lipinski definition) is 1. The Labute approximate surface area is 155 Å². The summed E-state index contributed by atoms with van der Waals surface area (Å²) in [7, 11) is 0. The van der Waals surface area contributed by atoms with Crippen LogP contribution in [0.1, 0.15) is 36.7 Å². The number of halogens is 1. The Morgan fingerprint density at radius 3 is 2.12 bits per heavy atom. The molecular formula is C19H20INO3. The first-order valence-corrected chi connectivity index (χ1v) is 8.67. The lowest BCUT2D eigenvalue weighted by atomic mass is 9.87. The van der Waals surface area contributed by atoms with E-state index < -0.39 is 5.97 Å². The van der Waals surface area contributed by atoms with Gasteiger partial charge in [0.05, 0.1) is 5.56 Å². The molecule has 1 amide bonds. The lowest BCUT2D eigenvalue weighted by molar-refractivity contribution is -0.119. The molecule has 0 radical (unpaired) electrons. The molecule has 0 aliphatic carbocycles. The van der Waals surface area contributed by atoms with Gasteiger partial charge in [-0.25, -0.2) is 4.79 Å². The average Bonchev–Trinajstić information content (AvgIpc) is 2.54. The predicted molar refractivity (Wildman–Crippen MR) is 103 cm³/mol. The fraction of sp³-hybridized carbons (Fsp3) is 0.263. The van der Waals surface area contributed by atoms with Crippen molar-refractivity contribution in [1.82, 2.24) is 0 Å². The molecule has 0 heterocycles.